The lowest BCUT2D eigenvalue weighted by molar-refractivity contribution is 0.395. The molecule has 17 heavy (non-hydrogen) atoms. The first-order chi connectivity index (χ1) is 8.21. The van der Waals surface area contributed by atoms with E-state index < -0.39 is 0 Å². The standard InChI is InChI=1S/C12H16N2O2S/c1-8-7-13-12(17-8)14-9-4-10(15-2)6-11(5-9)16-3/h4-6,8H,7H2,1-3H3,(H,13,14). The van der Waals surface area contributed by atoms with Crippen LogP contribution in [0.5, 0.6) is 11.5 Å². The summed E-state index contributed by atoms with van der Waals surface area (Å²) in [5.74, 6) is 1.53. The number of hydrogen-bond acceptors (Lipinski definition) is 5. The lowest BCUT2D eigenvalue weighted by Crippen LogP contribution is -2.06. The highest BCUT2D eigenvalue weighted by molar-refractivity contribution is 8.15. The van der Waals surface area contributed by atoms with Crippen LogP contribution in [0.4, 0.5) is 5.69 Å². The highest BCUT2D eigenvalue weighted by Gasteiger charge is 2.15. The molecule has 0 fully saturated rings. The van der Waals surface area contributed by atoms with Crippen molar-refractivity contribution in [1.82, 2.24) is 0 Å². The first kappa shape index (κ1) is 12.1. The predicted molar refractivity (Wildman–Crippen MR) is 72.5 cm³/mol. The maximum Gasteiger partial charge on any atom is 0.161 e. The Morgan fingerprint density at radius 2 is 1.88 bits per heavy atom. The number of nitrogens with one attached hydrogen (secondary N) is 1. The molecular weight excluding hydrogens is 236 g/mol. The van der Waals surface area contributed by atoms with Gasteiger partial charge in [-0.25, -0.2) is 0 Å². The molecule has 1 heterocycles. The molecule has 0 saturated heterocycles. The van der Waals surface area contributed by atoms with E-state index in [1.54, 1.807) is 26.0 Å². The molecule has 1 N–H and O–H groups in total. The van der Waals surface area contributed by atoms with Gasteiger partial charge in [0.1, 0.15) is 11.5 Å². The largest absolute Gasteiger partial charge is 0.497 e. The average Bonchev–Trinajstić information content (AvgIpc) is 2.74. The zero-order valence-electron chi connectivity index (χ0n) is 10.2. The number of rotatable bonds is 3. The van der Waals surface area contributed by atoms with E-state index in [2.05, 4.69) is 17.2 Å². The molecule has 0 aromatic heterocycles. The van der Waals surface area contributed by atoms with Gasteiger partial charge in [0, 0.05) is 29.1 Å². The molecular formula is C12H16N2O2S. The minimum absolute atomic E-state index is 0.546. The number of aliphatic imine (C=N–C) groups is 1. The molecule has 2 rings (SSSR count). The first-order valence-corrected chi connectivity index (χ1v) is 6.30. The van der Waals surface area contributed by atoms with Gasteiger partial charge in [-0.2, -0.15) is 0 Å². The molecule has 0 spiro atoms. The van der Waals surface area contributed by atoms with Crippen molar-refractivity contribution in [2.45, 2.75) is 12.2 Å². The number of benzene rings is 1. The van der Waals surface area contributed by atoms with Crippen LogP contribution in [0.25, 0.3) is 0 Å². The van der Waals surface area contributed by atoms with Crippen molar-refractivity contribution in [3.8, 4) is 11.5 Å². The van der Waals surface area contributed by atoms with Crippen LogP contribution >= 0.6 is 11.8 Å². The minimum atomic E-state index is 0.546. The normalized spacial score (nSPS) is 18.8. The zero-order valence-corrected chi connectivity index (χ0v) is 11.0. The maximum atomic E-state index is 5.22. The number of ether oxygens (including phenoxy) is 2. The Morgan fingerprint density at radius 3 is 2.35 bits per heavy atom. The molecule has 1 aliphatic rings. The van der Waals surface area contributed by atoms with Crippen LogP contribution in [0.1, 0.15) is 6.92 Å². The number of hydrogen-bond donors (Lipinski definition) is 1. The van der Waals surface area contributed by atoms with E-state index >= 15 is 0 Å². The van der Waals surface area contributed by atoms with E-state index in [-0.39, 0.29) is 0 Å². The SMILES string of the molecule is COc1cc(NC2=NCC(C)S2)cc(OC)c1. The second-order valence-corrected chi connectivity index (χ2v) is 5.23. The fraction of sp³-hybridized carbons (Fsp3) is 0.417. The van der Waals surface area contributed by atoms with Crippen LogP contribution in [-0.4, -0.2) is 31.2 Å². The van der Waals surface area contributed by atoms with Crippen molar-refractivity contribution in [3.63, 3.8) is 0 Å². The highest BCUT2D eigenvalue weighted by atomic mass is 32.2. The van der Waals surface area contributed by atoms with Gasteiger partial charge in [-0.1, -0.05) is 18.7 Å². The third-order valence-corrected chi connectivity index (χ3v) is 3.41. The molecule has 0 radical (unpaired) electrons. The van der Waals surface area contributed by atoms with Crippen molar-refractivity contribution in [2.75, 3.05) is 26.1 Å². The molecule has 1 unspecified atom stereocenters. The fourth-order valence-corrected chi connectivity index (χ4v) is 2.40. The van der Waals surface area contributed by atoms with Gasteiger partial charge in [0.05, 0.1) is 20.8 Å². The number of methoxy groups -OCH3 is 2. The van der Waals surface area contributed by atoms with Crippen molar-refractivity contribution < 1.29 is 9.47 Å². The second-order valence-electron chi connectivity index (χ2n) is 3.80. The highest BCUT2D eigenvalue weighted by Crippen LogP contribution is 2.28. The van der Waals surface area contributed by atoms with Gasteiger partial charge in [-0.05, 0) is 0 Å². The third kappa shape index (κ3) is 3.06. The molecule has 1 aliphatic heterocycles. The lowest BCUT2D eigenvalue weighted by atomic mass is 10.3. The molecule has 0 amide bonds. The Kier molecular flexibility index (Phi) is 3.78. The van der Waals surface area contributed by atoms with Crippen LogP contribution < -0.4 is 14.8 Å². The quantitative estimate of drug-likeness (QED) is 0.898. The van der Waals surface area contributed by atoms with Gasteiger partial charge in [-0.15, -0.1) is 0 Å². The molecule has 5 heteroatoms. The van der Waals surface area contributed by atoms with E-state index in [1.165, 1.54) is 0 Å². The summed E-state index contributed by atoms with van der Waals surface area (Å²) in [5, 5.41) is 4.77. The van der Waals surface area contributed by atoms with E-state index in [0.717, 1.165) is 28.9 Å². The molecule has 0 saturated carbocycles. The van der Waals surface area contributed by atoms with E-state index in [9.17, 15) is 0 Å². The van der Waals surface area contributed by atoms with Crippen LogP contribution in [0.3, 0.4) is 0 Å². The average molecular weight is 252 g/mol. The summed E-state index contributed by atoms with van der Waals surface area (Å²) in [6, 6.07) is 5.70. The Bertz CT molecular complexity index is 412. The first-order valence-electron chi connectivity index (χ1n) is 5.42. The van der Waals surface area contributed by atoms with Gasteiger partial charge in [0.15, 0.2) is 5.17 Å². The molecule has 1 atom stereocenters. The number of nitrogens with zero attached hydrogens (tertiary/aromatic N) is 1. The summed E-state index contributed by atoms with van der Waals surface area (Å²) in [4.78, 5) is 4.41. The molecule has 0 aliphatic carbocycles. The molecule has 1 aromatic rings. The Morgan fingerprint density at radius 1 is 1.24 bits per heavy atom. The van der Waals surface area contributed by atoms with Crippen molar-refractivity contribution >= 4 is 22.6 Å². The summed E-state index contributed by atoms with van der Waals surface area (Å²) in [6.07, 6.45) is 0. The van der Waals surface area contributed by atoms with Gasteiger partial charge in [0.25, 0.3) is 0 Å². The summed E-state index contributed by atoms with van der Waals surface area (Å²) in [6.45, 7) is 3.03. The fourth-order valence-electron chi connectivity index (χ4n) is 1.55. The van der Waals surface area contributed by atoms with Gasteiger partial charge >= 0.3 is 0 Å². The summed E-state index contributed by atoms with van der Waals surface area (Å²) >= 11 is 1.74. The van der Waals surface area contributed by atoms with Gasteiger partial charge in [-0.3, -0.25) is 4.99 Å². The van der Waals surface area contributed by atoms with E-state index in [0.29, 0.717) is 5.25 Å². The van der Waals surface area contributed by atoms with Crippen LogP contribution in [0.15, 0.2) is 23.2 Å². The van der Waals surface area contributed by atoms with Crippen molar-refractivity contribution in [3.05, 3.63) is 18.2 Å². The van der Waals surface area contributed by atoms with Crippen molar-refractivity contribution in [1.29, 1.82) is 0 Å². The summed E-state index contributed by atoms with van der Waals surface area (Å²) < 4.78 is 10.4. The molecule has 92 valence electrons. The molecule has 4 nitrogen and oxygen atoms in total. The monoisotopic (exact) mass is 252 g/mol. The molecule has 1 aromatic carbocycles. The number of anilines is 1. The van der Waals surface area contributed by atoms with Crippen LogP contribution in [0.2, 0.25) is 0 Å². The Hall–Kier alpha value is -1.36. The van der Waals surface area contributed by atoms with Crippen LogP contribution in [0, 0.1) is 0 Å². The Balaban J connectivity index is 2.14. The third-order valence-electron chi connectivity index (χ3n) is 2.41. The van der Waals surface area contributed by atoms with E-state index in [1.807, 2.05) is 18.2 Å². The van der Waals surface area contributed by atoms with Crippen LogP contribution in [-0.2, 0) is 0 Å². The summed E-state index contributed by atoms with van der Waals surface area (Å²) in [7, 11) is 3.28. The number of amidine groups is 1. The lowest BCUT2D eigenvalue weighted by Gasteiger charge is -2.10. The topological polar surface area (TPSA) is 42.8 Å². The van der Waals surface area contributed by atoms with Gasteiger partial charge in [0.2, 0.25) is 0 Å². The predicted octanol–water partition coefficient (Wildman–Crippen LogP) is 2.61. The Labute approximate surface area is 105 Å². The maximum absolute atomic E-state index is 5.22. The summed E-state index contributed by atoms with van der Waals surface area (Å²) in [5.41, 5.74) is 0.932. The second kappa shape index (κ2) is 5.31. The zero-order chi connectivity index (χ0) is 12.3. The smallest absolute Gasteiger partial charge is 0.161 e. The minimum Gasteiger partial charge on any atom is -0.497 e. The molecule has 0 bridgehead atoms. The van der Waals surface area contributed by atoms with Crippen molar-refractivity contribution in [2.24, 2.45) is 4.99 Å². The van der Waals surface area contributed by atoms with Gasteiger partial charge < -0.3 is 14.8 Å². The number of thioether (sulfide) groups is 1. The van der Waals surface area contributed by atoms with E-state index in [4.69, 9.17) is 9.47 Å².